The van der Waals surface area contributed by atoms with Crippen LogP contribution < -0.4 is 10.1 Å². The number of benzene rings is 3. The predicted octanol–water partition coefficient (Wildman–Crippen LogP) is 6.55. The minimum Gasteiger partial charge on any atom is -0.497 e. The van der Waals surface area contributed by atoms with Crippen LogP contribution >= 0.6 is 0 Å². The lowest BCUT2D eigenvalue weighted by atomic mass is 9.93. The SMILES string of the molecule is COc1cccc(C(=O)NCCCCCc2nc3ccccc3n2CC(=O)N(Cc2ccccc2)C2CCCCC2)c1. The zero-order chi connectivity index (χ0) is 29.1. The van der Waals surface area contributed by atoms with Gasteiger partial charge in [-0.2, -0.15) is 0 Å². The summed E-state index contributed by atoms with van der Waals surface area (Å²) in [6, 6.07) is 25.9. The number of unbranched alkanes of at least 4 members (excludes halogenated alkanes) is 2. The van der Waals surface area contributed by atoms with Gasteiger partial charge < -0.3 is 19.5 Å². The van der Waals surface area contributed by atoms with Crippen molar-refractivity contribution in [2.24, 2.45) is 0 Å². The topological polar surface area (TPSA) is 76.5 Å². The van der Waals surface area contributed by atoms with Crippen LogP contribution in [0.4, 0.5) is 0 Å². The number of carbonyl (C=O) groups excluding carboxylic acids is 2. The second-order valence-electron chi connectivity index (χ2n) is 11.2. The van der Waals surface area contributed by atoms with Gasteiger partial charge >= 0.3 is 0 Å². The molecule has 3 aromatic carbocycles. The Morgan fingerprint density at radius 2 is 1.71 bits per heavy atom. The summed E-state index contributed by atoms with van der Waals surface area (Å²) in [4.78, 5) is 33.5. The highest BCUT2D eigenvalue weighted by molar-refractivity contribution is 5.94. The summed E-state index contributed by atoms with van der Waals surface area (Å²) in [5.41, 5.74) is 3.71. The van der Waals surface area contributed by atoms with Gasteiger partial charge in [-0.05, 0) is 61.6 Å². The number of ether oxygens (including phenoxy) is 1. The predicted molar refractivity (Wildman–Crippen MR) is 166 cm³/mol. The standard InChI is InChI=1S/C35H42N4O3/c1-42-30-19-13-16-28(24-30)35(41)36-23-12-4-9-22-33-37-31-20-10-11-21-32(31)39(33)26-34(40)38(29-17-7-3-8-18-29)25-27-14-5-2-6-15-27/h2,5-6,10-11,13-16,19-21,24,29H,3-4,7-9,12,17-18,22-23,25-26H2,1H3,(H,36,41). The van der Waals surface area contributed by atoms with Crippen molar-refractivity contribution in [1.29, 1.82) is 0 Å². The number of hydrogen-bond donors (Lipinski definition) is 1. The molecule has 0 saturated heterocycles. The van der Waals surface area contributed by atoms with Crippen molar-refractivity contribution in [3.8, 4) is 5.75 Å². The zero-order valence-corrected chi connectivity index (χ0v) is 24.6. The fraction of sp³-hybridized carbons (Fsp3) is 0.400. The number of nitrogens with one attached hydrogen (secondary N) is 1. The van der Waals surface area contributed by atoms with Gasteiger partial charge in [0.15, 0.2) is 0 Å². The molecule has 7 nitrogen and oxygen atoms in total. The van der Waals surface area contributed by atoms with Crippen LogP contribution in [0.5, 0.6) is 5.75 Å². The number of fused-ring (bicyclic) bond motifs is 1. The molecular weight excluding hydrogens is 524 g/mol. The minimum absolute atomic E-state index is 0.0905. The highest BCUT2D eigenvalue weighted by Crippen LogP contribution is 2.26. The molecule has 0 bridgehead atoms. The second kappa shape index (κ2) is 14.7. The monoisotopic (exact) mass is 566 g/mol. The van der Waals surface area contributed by atoms with Gasteiger partial charge in [0.1, 0.15) is 18.1 Å². The Labute approximate surface area is 248 Å². The van der Waals surface area contributed by atoms with Crippen molar-refractivity contribution in [3.05, 3.63) is 95.8 Å². The zero-order valence-electron chi connectivity index (χ0n) is 24.6. The van der Waals surface area contributed by atoms with Gasteiger partial charge in [0, 0.05) is 31.1 Å². The molecule has 0 radical (unpaired) electrons. The highest BCUT2D eigenvalue weighted by atomic mass is 16.5. The molecule has 1 aliphatic rings. The van der Waals surface area contributed by atoms with E-state index in [2.05, 4.69) is 33.0 Å². The van der Waals surface area contributed by atoms with Crippen LogP contribution in [0, 0.1) is 0 Å². The van der Waals surface area contributed by atoms with E-state index in [0.717, 1.165) is 55.4 Å². The van der Waals surface area contributed by atoms with Gasteiger partial charge in [-0.15, -0.1) is 0 Å². The molecule has 1 fully saturated rings. The maximum absolute atomic E-state index is 14.0. The summed E-state index contributed by atoms with van der Waals surface area (Å²) in [5.74, 6) is 1.70. The Morgan fingerprint density at radius 3 is 2.52 bits per heavy atom. The van der Waals surface area contributed by atoms with Crippen molar-refractivity contribution in [2.45, 2.75) is 76.9 Å². The average molecular weight is 567 g/mol. The summed E-state index contributed by atoms with van der Waals surface area (Å²) in [5, 5.41) is 3.01. The normalized spacial score (nSPS) is 13.6. The van der Waals surface area contributed by atoms with Gasteiger partial charge in [-0.1, -0.05) is 74.2 Å². The molecule has 42 heavy (non-hydrogen) atoms. The Balaban J connectivity index is 1.21. The third kappa shape index (κ3) is 7.58. The molecule has 0 spiro atoms. The first-order valence-corrected chi connectivity index (χ1v) is 15.3. The molecule has 0 aliphatic heterocycles. The van der Waals surface area contributed by atoms with Crippen LogP contribution in [-0.2, 0) is 24.3 Å². The van der Waals surface area contributed by atoms with E-state index in [0.29, 0.717) is 30.9 Å². The highest BCUT2D eigenvalue weighted by Gasteiger charge is 2.27. The van der Waals surface area contributed by atoms with Gasteiger partial charge in [-0.25, -0.2) is 4.98 Å². The fourth-order valence-corrected chi connectivity index (χ4v) is 5.97. The quantitative estimate of drug-likeness (QED) is 0.186. The Morgan fingerprint density at radius 1 is 0.929 bits per heavy atom. The number of rotatable bonds is 13. The number of para-hydroxylation sites is 2. The van der Waals surface area contributed by atoms with Crippen molar-refractivity contribution in [1.82, 2.24) is 19.8 Å². The van der Waals surface area contributed by atoms with Crippen LogP contribution in [0.15, 0.2) is 78.9 Å². The van der Waals surface area contributed by atoms with E-state index in [4.69, 9.17) is 9.72 Å². The molecule has 1 heterocycles. The lowest BCUT2D eigenvalue weighted by Crippen LogP contribution is -2.42. The van der Waals surface area contributed by atoms with E-state index in [9.17, 15) is 9.59 Å². The molecule has 1 N–H and O–H groups in total. The lowest BCUT2D eigenvalue weighted by Gasteiger charge is -2.35. The second-order valence-corrected chi connectivity index (χ2v) is 11.2. The van der Waals surface area contributed by atoms with Crippen molar-refractivity contribution >= 4 is 22.8 Å². The van der Waals surface area contributed by atoms with E-state index < -0.39 is 0 Å². The number of hydrogen-bond acceptors (Lipinski definition) is 4. The van der Waals surface area contributed by atoms with Crippen molar-refractivity contribution in [3.63, 3.8) is 0 Å². The number of aromatic nitrogens is 2. The minimum atomic E-state index is -0.0905. The van der Waals surface area contributed by atoms with E-state index in [-0.39, 0.29) is 17.9 Å². The molecular formula is C35H42N4O3. The number of imidazole rings is 1. The molecule has 1 aliphatic carbocycles. The smallest absolute Gasteiger partial charge is 0.251 e. The number of methoxy groups -OCH3 is 1. The van der Waals surface area contributed by atoms with Gasteiger partial charge in [0.25, 0.3) is 5.91 Å². The van der Waals surface area contributed by atoms with Crippen LogP contribution in [-0.4, -0.2) is 46.0 Å². The Kier molecular flexibility index (Phi) is 10.3. The molecule has 0 atom stereocenters. The van der Waals surface area contributed by atoms with E-state index in [1.807, 2.05) is 48.5 Å². The molecule has 0 unspecified atom stereocenters. The first kappa shape index (κ1) is 29.4. The first-order chi connectivity index (χ1) is 20.6. The number of nitrogens with zero attached hydrogens (tertiary/aromatic N) is 3. The molecule has 7 heteroatoms. The molecule has 1 saturated carbocycles. The Hall–Kier alpha value is -4.13. The van der Waals surface area contributed by atoms with Gasteiger partial charge in [0.05, 0.1) is 18.1 Å². The van der Waals surface area contributed by atoms with Crippen LogP contribution in [0.3, 0.4) is 0 Å². The van der Waals surface area contributed by atoms with Crippen molar-refractivity contribution < 1.29 is 14.3 Å². The largest absolute Gasteiger partial charge is 0.497 e. The summed E-state index contributed by atoms with van der Waals surface area (Å²) >= 11 is 0. The average Bonchev–Trinajstić information content (AvgIpc) is 3.39. The number of amides is 2. The molecule has 2 amide bonds. The third-order valence-electron chi connectivity index (χ3n) is 8.25. The number of aryl methyl sites for hydroxylation is 1. The van der Waals surface area contributed by atoms with Crippen LogP contribution in [0.1, 0.15) is 73.1 Å². The number of carbonyl (C=O) groups is 2. The summed E-state index contributed by atoms with van der Waals surface area (Å²) in [7, 11) is 1.60. The van der Waals surface area contributed by atoms with Crippen LogP contribution in [0.2, 0.25) is 0 Å². The Bertz CT molecular complexity index is 1460. The maximum Gasteiger partial charge on any atom is 0.251 e. The van der Waals surface area contributed by atoms with Crippen molar-refractivity contribution in [2.75, 3.05) is 13.7 Å². The molecule has 1 aromatic heterocycles. The molecule has 5 rings (SSSR count). The summed E-state index contributed by atoms with van der Waals surface area (Å²) < 4.78 is 7.35. The molecule has 220 valence electrons. The van der Waals surface area contributed by atoms with E-state index in [1.54, 1.807) is 19.2 Å². The van der Waals surface area contributed by atoms with Gasteiger partial charge in [0.2, 0.25) is 5.91 Å². The first-order valence-electron chi connectivity index (χ1n) is 15.3. The van der Waals surface area contributed by atoms with Gasteiger partial charge in [-0.3, -0.25) is 9.59 Å². The van der Waals surface area contributed by atoms with E-state index >= 15 is 0 Å². The summed E-state index contributed by atoms with van der Waals surface area (Å²) in [6.07, 6.45) is 9.32. The van der Waals surface area contributed by atoms with Crippen LogP contribution in [0.25, 0.3) is 11.0 Å². The van der Waals surface area contributed by atoms with E-state index in [1.165, 1.54) is 24.8 Å². The lowest BCUT2D eigenvalue weighted by molar-refractivity contribution is -0.135. The fourth-order valence-electron chi connectivity index (χ4n) is 5.97. The summed E-state index contributed by atoms with van der Waals surface area (Å²) in [6.45, 7) is 1.56. The molecule has 4 aromatic rings. The third-order valence-corrected chi connectivity index (χ3v) is 8.25. The maximum atomic E-state index is 14.0.